The molecule has 0 atom stereocenters. The van der Waals surface area contributed by atoms with Gasteiger partial charge < -0.3 is 19.7 Å². The molecule has 0 radical (unpaired) electrons. The maximum absolute atomic E-state index is 13.6. The number of allylic oxidation sites excluding steroid dienone is 4. The number of hydrogen-bond donors (Lipinski definition) is 1. The molecule has 1 aliphatic rings. The van der Waals surface area contributed by atoms with Crippen molar-refractivity contribution in [3.8, 4) is 11.5 Å². The van der Waals surface area contributed by atoms with E-state index >= 15 is 0 Å². The first kappa shape index (κ1) is 26.7. The molecule has 2 heterocycles. The van der Waals surface area contributed by atoms with Crippen molar-refractivity contribution in [3.05, 3.63) is 66.9 Å². The van der Waals surface area contributed by atoms with Crippen molar-refractivity contribution >= 4 is 22.6 Å². The number of ether oxygens (including phenoxy) is 2. The maximum atomic E-state index is 13.6. The Morgan fingerprint density at radius 3 is 2.42 bits per heavy atom. The second-order valence-corrected chi connectivity index (χ2v) is 7.96. The summed E-state index contributed by atoms with van der Waals surface area (Å²) in [6, 6.07) is 3.25. The fraction of sp³-hybridized carbons (Fsp3) is 0.320. The number of anilines is 1. The first-order chi connectivity index (χ1) is 17.1. The summed E-state index contributed by atoms with van der Waals surface area (Å²) < 4.78 is 64.8. The molecule has 1 amide bonds. The number of halogens is 4. The third kappa shape index (κ3) is 6.21. The van der Waals surface area contributed by atoms with E-state index in [1.807, 2.05) is 0 Å². The minimum atomic E-state index is -4.89. The van der Waals surface area contributed by atoms with Crippen molar-refractivity contribution in [2.45, 2.75) is 32.0 Å². The molecule has 3 rings (SSSR count). The number of aromatic nitrogens is 2. The van der Waals surface area contributed by atoms with Crippen molar-refractivity contribution in [2.24, 2.45) is 0 Å². The molecule has 36 heavy (non-hydrogen) atoms. The monoisotopic (exact) mass is 506 g/mol. The van der Waals surface area contributed by atoms with E-state index < -0.39 is 17.6 Å². The maximum Gasteiger partial charge on any atom is 0.418 e. The van der Waals surface area contributed by atoms with E-state index in [4.69, 9.17) is 9.47 Å². The van der Waals surface area contributed by atoms with E-state index in [0.717, 1.165) is 13.0 Å². The van der Waals surface area contributed by atoms with Crippen LogP contribution >= 0.6 is 0 Å². The van der Waals surface area contributed by atoms with Crippen LogP contribution in [0, 0.1) is 0 Å². The number of methoxy groups -OCH3 is 1. The van der Waals surface area contributed by atoms with Crippen molar-refractivity contribution in [3.63, 3.8) is 0 Å². The van der Waals surface area contributed by atoms with Gasteiger partial charge in [-0.2, -0.15) is 13.2 Å². The van der Waals surface area contributed by atoms with E-state index in [1.54, 1.807) is 17.0 Å². The molecule has 1 fully saturated rings. The Kier molecular flexibility index (Phi) is 8.33. The van der Waals surface area contributed by atoms with Gasteiger partial charge in [0.2, 0.25) is 5.91 Å². The standard InChI is InChI=1S/C25H26F4N4O3/c1-5-16(11-19(15(3)26)25(27,28)29)32-24-18-12-22(21(35-4)13-20(18)30-14-31-24)36-17-7-9-33(10-8-17)23(34)6-2/h5-6,11-14,17H,1-2,7-10H2,3-4H3,(H,30,31,32)/b16-11+,19-15-. The highest BCUT2D eigenvalue weighted by Gasteiger charge is 2.34. The normalized spacial score (nSPS) is 15.8. The van der Waals surface area contributed by atoms with Gasteiger partial charge in [-0.15, -0.1) is 0 Å². The van der Waals surface area contributed by atoms with Gasteiger partial charge in [0.05, 0.1) is 18.2 Å². The van der Waals surface area contributed by atoms with Gasteiger partial charge in [0, 0.05) is 43.1 Å². The second-order valence-electron chi connectivity index (χ2n) is 7.96. The number of hydrogen-bond acceptors (Lipinski definition) is 6. The summed E-state index contributed by atoms with van der Waals surface area (Å²) in [7, 11) is 1.47. The topological polar surface area (TPSA) is 76.6 Å². The van der Waals surface area contributed by atoms with Crippen LogP contribution in [0.5, 0.6) is 11.5 Å². The van der Waals surface area contributed by atoms with Crippen LogP contribution in [-0.4, -0.2) is 53.3 Å². The zero-order valence-electron chi connectivity index (χ0n) is 19.9. The lowest BCUT2D eigenvalue weighted by Gasteiger charge is -2.31. The zero-order chi connectivity index (χ0) is 26.5. The minimum Gasteiger partial charge on any atom is -0.493 e. The molecule has 1 saturated heterocycles. The highest BCUT2D eigenvalue weighted by Crippen LogP contribution is 2.36. The van der Waals surface area contributed by atoms with Crippen LogP contribution in [-0.2, 0) is 4.79 Å². The van der Waals surface area contributed by atoms with Crippen LogP contribution in [0.1, 0.15) is 19.8 Å². The predicted molar refractivity (Wildman–Crippen MR) is 128 cm³/mol. The van der Waals surface area contributed by atoms with E-state index in [9.17, 15) is 22.4 Å². The number of rotatable bonds is 8. The molecular formula is C25H26F4N4O3. The molecule has 192 valence electrons. The van der Waals surface area contributed by atoms with Gasteiger partial charge in [-0.1, -0.05) is 13.2 Å². The quantitative estimate of drug-likeness (QED) is 0.290. The molecule has 0 unspecified atom stereocenters. The Bertz CT molecular complexity index is 1210. The lowest BCUT2D eigenvalue weighted by atomic mass is 10.1. The lowest BCUT2D eigenvalue weighted by Crippen LogP contribution is -2.41. The molecule has 1 aromatic carbocycles. The Balaban J connectivity index is 1.92. The van der Waals surface area contributed by atoms with Crippen LogP contribution in [0.2, 0.25) is 0 Å². The van der Waals surface area contributed by atoms with Gasteiger partial charge in [-0.05, 0) is 31.2 Å². The molecule has 0 saturated carbocycles. The van der Waals surface area contributed by atoms with E-state index in [0.29, 0.717) is 54.4 Å². The second kappa shape index (κ2) is 11.2. The van der Waals surface area contributed by atoms with E-state index in [-0.39, 0.29) is 23.5 Å². The van der Waals surface area contributed by atoms with Crippen LogP contribution < -0.4 is 14.8 Å². The summed E-state index contributed by atoms with van der Waals surface area (Å²) in [6.45, 7) is 8.77. The summed E-state index contributed by atoms with van der Waals surface area (Å²) in [4.78, 5) is 21.8. The average molecular weight is 507 g/mol. The Hall–Kier alpha value is -3.89. The first-order valence-corrected chi connectivity index (χ1v) is 11.0. The van der Waals surface area contributed by atoms with Gasteiger partial charge in [0.25, 0.3) is 0 Å². The molecule has 7 nitrogen and oxygen atoms in total. The third-order valence-corrected chi connectivity index (χ3v) is 5.60. The number of carbonyl (C=O) groups excluding carboxylic acids is 1. The highest BCUT2D eigenvalue weighted by atomic mass is 19.4. The number of carbonyl (C=O) groups is 1. The van der Waals surface area contributed by atoms with E-state index in [2.05, 4.69) is 28.4 Å². The Morgan fingerprint density at radius 1 is 1.17 bits per heavy atom. The van der Waals surface area contributed by atoms with Crippen molar-refractivity contribution in [1.82, 2.24) is 14.9 Å². The van der Waals surface area contributed by atoms with Crippen molar-refractivity contribution in [2.75, 3.05) is 25.5 Å². The summed E-state index contributed by atoms with van der Waals surface area (Å²) in [5, 5.41) is 3.20. The summed E-state index contributed by atoms with van der Waals surface area (Å²) >= 11 is 0. The SMILES string of the molecule is C=CC(=O)N1CCC(Oc2cc3c(N/C(C=C)=C/C(=C(\C)F)C(F)(F)F)ncnc3cc2OC)CC1. The van der Waals surface area contributed by atoms with Gasteiger partial charge in [-0.3, -0.25) is 4.79 Å². The smallest absolute Gasteiger partial charge is 0.418 e. The fourth-order valence-corrected chi connectivity index (χ4v) is 3.73. The molecule has 2 aromatic rings. The zero-order valence-corrected chi connectivity index (χ0v) is 19.9. The number of piperidine rings is 1. The number of benzene rings is 1. The molecule has 1 aromatic heterocycles. The average Bonchev–Trinajstić information content (AvgIpc) is 2.85. The predicted octanol–water partition coefficient (Wildman–Crippen LogP) is 5.48. The Morgan fingerprint density at radius 2 is 1.86 bits per heavy atom. The van der Waals surface area contributed by atoms with E-state index in [1.165, 1.54) is 19.5 Å². The molecule has 0 bridgehead atoms. The number of alkyl halides is 3. The summed E-state index contributed by atoms with van der Waals surface area (Å²) in [5.74, 6) is -0.551. The van der Waals surface area contributed by atoms with Crippen molar-refractivity contribution in [1.29, 1.82) is 0 Å². The van der Waals surface area contributed by atoms with Crippen LogP contribution in [0.3, 0.4) is 0 Å². The number of amides is 1. The molecular weight excluding hydrogens is 480 g/mol. The summed E-state index contributed by atoms with van der Waals surface area (Å²) in [6.07, 6.45) is 0.363. The molecule has 0 aliphatic carbocycles. The largest absolute Gasteiger partial charge is 0.493 e. The van der Waals surface area contributed by atoms with Gasteiger partial charge >= 0.3 is 6.18 Å². The van der Waals surface area contributed by atoms with Crippen LogP contribution in [0.15, 0.2) is 66.9 Å². The summed E-state index contributed by atoms with van der Waals surface area (Å²) in [5.41, 5.74) is -1.10. The highest BCUT2D eigenvalue weighted by molar-refractivity contribution is 5.92. The first-order valence-electron chi connectivity index (χ1n) is 11.0. The third-order valence-electron chi connectivity index (χ3n) is 5.60. The Labute approximate surface area is 205 Å². The van der Waals surface area contributed by atoms with Crippen LogP contribution in [0.4, 0.5) is 23.4 Å². The number of fused-ring (bicyclic) bond motifs is 1. The van der Waals surface area contributed by atoms with Crippen molar-refractivity contribution < 1.29 is 31.8 Å². The molecule has 0 spiro atoms. The number of likely N-dealkylation sites (tertiary alicyclic amines) is 1. The minimum absolute atomic E-state index is 0.114. The van der Waals surface area contributed by atoms with Gasteiger partial charge in [-0.25, -0.2) is 14.4 Å². The molecule has 1 aliphatic heterocycles. The fourth-order valence-electron chi connectivity index (χ4n) is 3.73. The van der Waals surface area contributed by atoms with Gasteiger partial charge in [0.1, 0.15) is 24.1 Å². The van der Waals surface area contributed by atoms with Gasteiger partial charge in [0.15, 0.2) is 11.5 Å². The molecule has 11 heteroatoms. The lowest BCUT2D eigenvalue weighted by molar-refractivity contribution is -0.127. The molecule has 1 N–H and O–H groups in total. The number of nitrogens with zero attached hydrogens (tertiary/aromatic N) is 3. The number of nitrogens with one attached hydrogen (secondary N) is 1. The van der Waals surface area contributed by atoms with Crippen LogP contribution in [0.25, 0.3) is 10.9 Å².